The van der Waals surface area contributed by atoms with Gasteiger partial charge in [0.2, 0.25) is 0 Å². The second-order valence-corrected chi connectivity index (χ2v) is 10.1. The van der Waals surface area contributed by atoms with Crippen LogP contribution in [-0.2, 0) is 5.41 Å². The van der Waals surface area contributed by atoms with Crippen LogP contribution in [0.2, 0.25) is 0 Å². The summed E-state index contributed by atoms with van der Waals surface area (Å²) in [5, 5.41) is 11.3. The molecule has 0 amide bonds. The first-order valence-corrected chi connectivity index (χ1v) is 9.20. The Morgan fingerprint density at radius 1 is 1.14 bits per heavy atom. The van der Waals surface area contributed by atoms with Gasteiger partial charge < -0.3 is 5.11 Å². The number of aliphatic hydroxyl groups is 1. The fourth-order valence-electron chi connectivity index (χ4n) is 6.71. The lowest BCUT2D eigenvalue weighted by Crippen LogP contribution is -2.56. The maximum absolute atomic E-state index is 9.97. The van der Waals surface area contributed by atoms with Gasteiger partial charge in [0.1, 0.15) is 0 Å². The molecule has 3 heteroatoms. The summed E-state index contributed by atoms with van der Waals surface area (Å²) in [6.45, 7) is 8.96. The molecule has 21 heavy (non-hydrogen) atoms. The summed E-state index contributed by atoms with van der Waals surface area (Å²) in [5.74, 6) is 0.899. The van der Waals surface area contributed by atoms with Gasteiger partial charge in [-0.1, -0.05) is 13.8 Å². The van der Waals surface area contributed by atoms with E-state index >= 15 is 0 Å². The zero-order valence-electron chi connectivity index (χ0n) is 13.7. The van der Waals surface area contributed by atoms with Gasteiger partial charge in [0.05, 0.1) is 21.7 Å². The first kappa shape index (κ1) is 14.2. The molecule has 5 rings (SSSR count). The molecule has 4 aliphatic carbocycles. The van der Waals surface area contributed by atoms with Crippen LogP contribution < -0.4 is 0 Å². The normalized spacial score (nSPS) is 46.0. The molecule has 1 N–H and O–H groups in total. The molecule has 0 spiro atoms. The maximum atomic E-state index is 9.97. The predicted molar refractivity (Wildman–Crippen MR) is 86.6 cm³/mol. The Kier molecular flexibility index (Phi) is 2.78. The number of rotatable bonds is 2. The number of thiazole rings is 1. The molecular formula is C18H27NOS. The fourth-order valence-corrected chi connectivity index (χ4v) is 7.91. The van der Waals surface area contributed by atoms with Gasteiger partial charge in [-0.3, -0.25) is 0 Å². The van der Waals surface area contributed by atoms with Crippen molar-refractivity contribution in [2.45, 2.75) is 77.7 Å². The van der Waals surface area contributed by atoms with Gasteiger partial charge in [0, 0.05) is 5.41 Å². The molecule has 0 radical (unpaired) electrons. The minimum absolute atomic E-state index is 0.311. The predicted octanol–water partition coefficient (Wildman–Crippen LogP) is 4.75. The van der Waals surface area contributed by atoms with E-state index in [1.54, 1.807) is 11.3 Å². The number of aromatic nitrogens is 1. The van der Waals surface area contributed by atoms with Crippen LogP contribution in [0.5, 0.6) is 0 Å². The number of aryl methyl sites for hydroxylation is 1. The molecule has 3 atom stereocenters. The van der Waals surface area contributed by atoms with E-state index in [0.717, 1.165) is 16.5 Å². The van der Waals surface area contributed by atoms with Gasteiger partial charge in [-0.05, 0) is 69.1 Å². The molecule has 2 nitrogen and oxygen atoms in total. The second kappa shape index (κ2) is 4.11. The largest absolute Gasteiger partial charge is 0.388 e. The molecule has 116 valence electrons. The van der Waals surface area contributed by atoms with Crippen molar-refractivity contribution in [2.24, 2.45) is 16.7 Å². The Balaban J connectivity index is 1.79. The maximum Gasteiger partial charge on any atom is 0.0994 e. The molecule has 4 saturated carbocycles. The Hall–Kier alpha value is -0.410. The van der Waals surface area contributed by atoms with Crippen LogP contribution in [0.25, 0.3) is 0 Å². The van der Waals surface area contributed by atoms with E-state index in [0.29, 0.717) is 16.2 Å². The van der Waals surface area contributed by atoms with Gasteiger partial charge >= 0.3 is 0 Å². The Morgan fingerprint density at radius 2 is 1.76 bits per heavy atom. The van der Waals surface area contributed by atoms with Crippen molar-refractivity contribution in [1.82, 2.24) is 4.98 Å². The van der Waals surface area contributed by atoms with Crippen LogP contribution in [0.1, 0.15) is 81.0 Å². The zero-order valence-corrected chi connectivity index (χ0v) is 14.5. The molecule has 1 heterocycles. The summed E-state index contributed by atoms with van der Waals surface area (Å²) in [4.78, 5) is 6.02. The standard InChI is InChI=1S/C18H27NOS/c1-11-14(12(2)20)21-15(19-11)18-7-13-5-16(3,9-18)8-17(4,6-13)10-18/h12-13,20H,5-10H2,1-4H3. The Bertz CT molecular complexity index is 572. The van der Waals surface area contributed by atoms with Gasteiger partial charge in [0.15, 0.2) is 0 Å². The molecule has 4 bridgehead atoms. The van der Waals surface area contributed by atoms with Crippen molar-refractivity contribution in [3.05, 3.63) is 15.6 Å². The van der Waals surface area contributed by atoms with E-state index in [4.69, 9.17) is 4.98 Å². The first-order chi connectivity index (χ1) is 9.73. The summed E-state index contributed by atoms with van der Waals surface area (Å²) in [6, 6.07) is 0. The van der Waals surface area contributed by atoms with E-state index in [-0.39, 0.29) is 6.10 Å². The molecule has 0 saturated heterocycles. The van der Waals surface area contributed by atoms with Crippen molar-refractivity contribution in [1.29, 1.82) is 0 Å². The van der Waals surface area contributed by atoms with E-state index in [2.05, 4.69) is 20.8 Å². The van der Waals surface area contributed by atoms with Crippen LogP contribution >= 0.6 is 11.3 Å². The average molecular weight is 305 g/mol. The minimum atomic E-state index is -0.378. The van der Waals surface area contributed by atoms with E-state index in [9.17, 15) is 5.11 Å². The lowest BCUT2D eigenvalue weighted by Gasteiger charge is -2.64. The van der Waals surface area contributed by atoms with Gasteiger partial charge in [-0.25, -0.2) is 4.98 Å². The third-order valence-corrected chi connectivity index (χ3v) is 7.87. The third-order valence-electron chi connectivity index (χ3n) is 6.29. The van der Waals surface area contributed by atoms with Crippen molar-refractivity contribution in [3.8, 4) is 0 Å². The van der Waals surface area contributed by atoms with Crippen LogP contribution in [0.15, 0.2) is 0 Å². The monoisotopic (exact) mass is 305 g/mol. The average Bonchev–Trinajstić information content (AvgIpc) is 2.67. The highest BCUT2D eigenvalue weighted by molar-refractivity contribution is 7.12. The van der Waals surface area contributed by atoms with Gasteiger partial charge in [-0.15, -0.1) is 11.3 Å². The summed E-state index contributed by atoms with van der Waals surface area (Å²) < 4.78 is 0. The smallest absolute Gasteiger partial charge is 0.0994 e. The Morgan fingerprint density at radius 3 is 2.24 bits per heavy atom. The van der Waals surface area contributed by atoms with Crippen LogP contribution in [0.4, 0.5) is 0 Å². The molecule has 4 aliphatic rings. The molecular weight excluding hydrogens is 278 g/mol. The number of nitrogens with zero attached hydrogens (tertiary/aromatic N) is 1. The fraction of sp³-hybridized carbons (Fsp3) is 0.833. The quantitative estimate of drug-likeness (QED) is 0.855. The zero-order chi connectivity index (χ0) is 15.0. The molecule has 3 unspecified atom stereocenters. The summed E-state index contributed by atoms with van der Waals surface area (Å²) in [5.41, 5.74) is 2.42. The Labute approximate surface area is 132 Å². The molecule has 0 aromatic carbocycles. The molecule has 4 fully saturated rings. The van der Waals surface area contributed by atoms with E-state index in [1.165, 1.54) is 43.5 Å². The highest BCUT2D eigenvalue weighted by Crippen LogP contribution is 2.70. The highest BCUT2D eigenvalue weighted by atomic mass is 32.1. The van der Waals surface area contributed by atoms with Crippen molar-refractivity contribution in [3.63, 3.8) is 0 Å². The minimum Gasteiger partial charge on any atom is -0.388 e. The lowest BCUT2D eigenvalue weighted by atomic mass is 9.40. The van der Waals surface area contributed by atoms with Crippen molar-refractivity contribution >= 4 is 11.3 Å². The van der Waals surface area contributed by atoms with Crippen molar-refractivity contribution in [2.75, 3.05) is 0 Å². The van der Waals surface area contributed by atoms with Gasteiger partial charge in [0.25, 0.3) is 0 Å². The molecule has 1 aromatic heterocycles. The topological polar surface area (TPSA) is 33.1 Å². The SMILES string of the molecule is Cc1nc(C23CC4CC(C)(CC(C)(C4)C2)C3)sc1C(C)O. The molecule has 0 aliphatic heterocycles. The van der Waals surface area contributed by atoms with Crippen LogP contribution in [0.3, 0.4) is 0 Å². The third kappa shape index (κ3) is 2.03. The summed E-state index contributed by atoms with van der Waals surface area (Å²) in [7, 11) is 0. The summed E-state index contributed by atoms with van der Waals surface area (Å²) >= 11 is 1.79. The highest BCUT2D eigenvalue weighted by Gasteiger charge is 2.61. The lowest BCUT2D eigenvalue weighted by molar-refractivity contribution is -0.110. The number of aliphatic hydroxyl groups excluding tert-OH is 1. The number of hydrogen-bond acceptors (Lipinski definition) is 3. The second-order valence-electron chi connectivity index (χ2n) is 9.06. The number of hydrogen-bond donors (Lipinski definition) is 1. The summed E-state index contributed by atoms with van der Waals surface area (Å²) in [6.07, 6.45) is 7.86. The van der Waals surface area contributed by atoms with E-state index < -0.39 is 0 Å². The van der Waals surface area contributed by atoms with E-state index in [1.807, 2.05) is 6.92 Å². The van der Waals surface area contributed by atoms with Crippen LogP contribution in [-0.4, -0.2) is 10.1 Å². The van der Waals surface area contributed by atoms with Crippen LogP contribution in [0, 0.1) is 23.7 Å². The molecule has 1 aromatic rings. The first-order valence-electron chi connectivity index (χ1n) is 8.39. The van der Waals surface area contributed by atoms with Crippen molar-refractivity contribution < 1.29 is 5.11 Å². The van der Waals surface area contributed by atoms with Gasteiger partial charge in [-0.2, -0.15) is 0 Å².